The van der Waals surface area contributed by atoms with Crippen molar-refractivity contribution in [3.63, 3.8) is 0 Å². The maximum Gasteiger partial charge on any atom is 0.222 e. The molecule has 0 heterocycles. The van der Waals surface area contributed by atoms with Gasteiger partial charge in [0.15, 0.2) is 0 Å². The molecule has 3 N–H and O–H groups in total. The molecule has 0 atom stereocenters. The summed E-state index contributed by atoms with van der Waals surface area (Å²) in [6, 6.07) is 7.73. The predicted molar refractivity (Wildman–Crippen MR) is 162 cm³/mol. The first kappa shape index (κ1) is 38.6. The molecule has 0 spiro atoms. The largest absolute Gasteiger partial charge is 0.494 e. The zero-order valence-corrected chi connectivity index (χ0v) is 26.5. The third-order valence-electron chi connectivity index (χ3n) is 5.32. The molecule has 1 aromatic rings. The van der Waals surface area contributed by atoms with Gasteiger partial charge in [0.2, 0.25) is 5.91 Å². The van der Waals surface area contributed by atoms with E-state index in [1.807, 2.05) is 24.3 Å². The quantitative estimate of drug-likeness (QED) is 0.109. The number of halogens is 1. The number of rotatable bonds is 32. The predicted octanol–water partition coefficient (Wildman–Crippen LogP) is 2.21. The van der Waals surface area contributed by atoms with Crippen LogP contribution in [0.2, 0.25) is 0 Å². The summed E-state index contributed by atoms with van der Waals surface area (Å²) in [5, 5.41) is 2.90. The average Bonchev–Trinajstić information content (AvgIpc) is 2.99. The van der Waals surface area contributed by atoms with E-state index in [0.29, 0.717) is 132 Å². The van der Waals surface area contributed by atoms with Crippen LogP contribution in [0.1, 0.15) is 19.3 Å². The van der Waals surface area contributed by atoms with Crippen LogP contribution in [0.4, 0.5) is 0 Å². The van der Waals surface area contributed by atoms with Crippen molar-refractivity contribution in [3.8, 4) is 5.75 Å². The summed E-state index contributed by atoms with van der Waals surface area (Å²) in [5.41, 5.74) is 5.33. The number of benzene rings is 1. The molecule has 0 radical (unpaired) electrons. The fourth-order valence-corrected chi connectivity index (χ4v) is 3.42. The SMILES string of the molecule is NCCOCCOCCOCCOCCOCCOCCOCCOCCC(=O)NCCCCOc1ccc(Br)cc1. The molecule has 244 valence electrons. The van der Waals surface area contributed by atoms with Gasteiger partial charge in [-0.05, 0) is 37.1 Å². The zero-order chi connectivity index (χ0) is 30.2. The van der Waals surface area contributed by atoms with Gasteiger partial charge in [0.05, 0.1) is 112 Å². The van der Waals surface area contributed by atoms with Crippen molar-refractivity contribution in [1.82, 2.24) is 5.32 Å². The van der Waals surface area contributed by atoms with Crippen molar-refractivity contribution in [1.29, 1.82) is 0 Å². The minimum atomic E-state index is -0.0145. The van der Waals surface area contributed by atoms with Crippen molar-refractivity contribution in [2.24, 2.45) is 5.73 Å². The number of hydrogen-bond acceptors (Lipinski definition) is 11. The van der Waals surface area contributed by atoms with E-state index >= 15 is 0 Å². The molecule has 12 nitrogen and oxygen atoms in total. The van der Waals surface area contributed by atoms with E-state index in [-0.39, 0.29) is 5.91 Å². The number of nitrogens with one attached hydrogen (secondary N) is 1. The van der Waals surface area contributed by atoms with E-state index < -0.39 is 0 Å². The van der Waals surface area contributed by atoms with E-state index in [1.54, 1.807) is 0 Å². The van der Waals surface area contributed by atoms with Crippen molar-refractivity contribution in [3.05, 3.63) is 28.7 Å². The van der Waals surface area contributed by atoms with Gasteiger partial charge in [-0.25, -0.2) is 0 Å². The Morgan fingerprint density at radius 2 is 0.976 bits per heavy atom. The number of ether oxygens (including phenoxy) is 9. The Morgan fingerprint density at radius 1 is 0.571 bits per heavy atom. The summed E-state index contributed by atoms with van der Waals surface area (Å²) in [5.74, 6) is 0.830. The molecule has 0 bridgehead atoms. The van der Waals surface area contributed by atoms with Gasteiger partial charge in [-0.1, -0.05) is 15.9 Å². The Labute approximate surface area is 259 Å². The van der Waals surface area contributed by atoms with Gasteiger partial charge in [0, 0.05) is 24.0 Å². The molecular weight excluding hydrogens is 616 g/mol. The molecule has 0 fully saturated rings. The first-order valence-corrected chi connectivity index (χ1v) is 15.5. The standard InChI is InChI=1S/C29H51BrN2O10/c30-27-3-5-28(6-4-27)42-10-2-1-9-32-29(33)7-11-34-13-15-36-17-19-38-21-23-40-25-26-41-24-22-39-20-18-37-16-14-35-12-8-31/h3-6H,1-2,7-26,31H2,(H,32,33). The molecule has 1 rings (SSSR count). The highest BCUT2D eigenvalue weighted by Crippen LogP contribution is 2.16. The highest BCUT2D eigenvalue weighted by Gasteiger charge is 2.01. The van der Waals surface area contributed by atoms with E-state index in [0.717, 1.165) is 23.1 Å². The van der Waals surface area contributed by atoms with Gasteiger partial charge in [-0.3, -0.25) is 4.79 Å². The summed E-state index contributed by atoms with van der Waals surface area (Å²) in [6.45, 7) is 9.73. The van der Waals surface area contributed by atoms with Crippen molar-refractivity contribution in [2.75, 3.05) is 125 Å². The van der Waals surface area contributed by atoms with Crippen LogP contribution in [0.15, 0.2) is 28.7 Å². The number of hydrogen-bond donors (Lipinski definition) is 2. The lowest BCUT2D eigenvalue weighted by atomic mass is 10.3. The maximum atomic E-state index is 11.9. The average molecular weight is 668 g/mol. The van der Waals surface area contributed by atoms with E-state index in [9.17, 15) is 4.79 Å². The van der Waals surface area contributed by atoms with Crippen LogP contribution >= 0.6 is 15.9 Å². The molecular formula is C29H51BrN2O10. The lowest BCUT2D eigenvalue weighted by Crippen LogP contribution is -2.26. The first-order chi connectivity index (χ1) is 20.7. The molecule has 0 aliphatic carbocycles. The van der Waals surface area contributed by atoms with E-state index in [4.69, 9.17) is 48.4 Å². The third kappa shape index (κ3) is 27.4. The van der Waals surface area contributed by atoms with Gasteiger partial charge in [-0.2, -0.15) is 0 Å². The first-order valence-electron chi connectivity index (χ1n) is 14.7. The van der Waals surface area contributed by atoms with Crippen LogP contribution in [-0.2, 0) is 42.7 Å². The third-order valence-corrected chi connectivity index (χ3v) is 5.84. The Kier molecular flexibility index (Phi) is 28.6. The van der Waals surface area contributed by atoms with Gasteiger partial charge in [-0.15, -0.1) is 0 Å². The Hall–Kier alpha value is -1.39. The monoisotopic (exact) mass is 666 g/mol. The summed E-state index contributed by atoms with van der Waals surface area (Å²) < 4.78 is 49.9. The van der Waals surface area contributed by atoms with Crippen molar-refractivity contribution < 1.29 is 47.4 Å². The van der Waals surface area contributed by atoms with E-state index in [1.165, 1.54) is 0 Å². The Balaban J connectivity index is 1.68. The summed E-state index contributed by atoms with van der Waals surface area (Å²) >= 11 is 3.40. The van der Waals surface area contributed by atoms with Crippen LogP contribution in [0.5, 0.6) is 5.75 Å². The number of amides is 1. The van der Waals surface area contributed by atoms with Gasteiger partial charge >= 0.3 is 0 Å². The number of nitrogens with two attached hydrogens (primary N) is 1. The highest BCUT2D eigenvalue weighted by molar-refractivity contribution is 9.10. The lowest BCUT2D eigenvalue weighted by Gasteiger charge is -2.09. The Bertz CT molecular complexity index is 718. The molecule has 0 aromatic heterocycles. The molecule has 1 aromatic carbocycles. The van der Waals surface area contributed by atoms with E-state index in [2.05, 4.69) is 21.2 Å². The van der Waals surface area contributed by atoms with Crippen LogP contribution in [0, 0.1) is 0 Å². The Morgan fingerprint density at radius 3 is 1.40 bits per heavy atom. The smallest absolute Gasteiger partial charge is 0.222 e. The molecule has 1 amide bonds. The molecule has 0 unspecified atom stereocenters. The molecule has 42 heavy (non-hydrogen) atoms. The molecule has 0 aliphatic rings. The minimum absolute atomic E-state index is 0.0145. The fraction of sp³-hybridized carbons (Fsp3) is 0.759. The maximum absolute atomic E-state index is 11.9. The normalized spacial score (nSPS) is 11.2. The molecule has 13 heteroatoms. The fourth-order valence-electron chi connectivity index (χ4n) is 3.15. The zero-order valence-electron chi connectivity index (χ0n) is 24.9. The van der Waals surface area contributed by atoms with Crippen molar-refractivity contribution in [2.45, 2.75) is 19.3 Å². The second kappa shape index (κ2) is 31.0. The summed E-state index contributed by atoms with van der Waals surface area (Å²) in [4.78, 5) is 11.9. The lowest BCUT2D eigenvalue weighted by molar-refractivity contribution is -0.122. The van der Waals surface area contributed by atoms with Gasteiger partial charge in [0.25, 0.3) is 0 Å². The van der Waals surface area contributed by atoms with Gasteiger partial charge in [0.1, 0.15) is 5.75 Å². The molecule has 0 aliphatic heterocycles. The number of carbonyl (C=O) groups excluding carboxylic acids is 1. The molecule has 0 saturated heterocycles. The summed E-state index contributed by atoms with van der Waals surface area (Å²) in [6.07, 6.45) is 2.07. The minimum Gasteiger partial charge on any atom is -0.494 e. The number of carbonyl (C=O) groups is 1. The molecule has 0 saturated carbocycles. The summed E-state index contributed by atoms with van der Waals surface area (Å²) in [7, 11) is 0. The second-order valence-corrected chi connectivity index (χ2v) is 9.71. The topological polar surface area (TPSA) is 138 Å². The second-order valence-electron chi connectivity index (χ2n) is 8.80. The van der Waals surface area contributed by atoms with Crippen molar-refractivity contribution >= 4 is 21.8 Å². The van der Waals surface area contributed by atoms with Crippen LogP contribution < -0.4 is 15.8 Å². The van der Waals surface area contributed by atoms with Crippen LogP contribution in [0.3, 0.4) is 0 Å². The highest BCUT2D eigenvalue weighted by atomic mass is 79.9. The van der Waals surface area contributed by atoms with Gasteiger partial charge < -0.3 is 53.7 Å². The van der Waals surface area contributed by atoms with Crippen LogP contribution in [0.25, 0.3) is 0 Å². The number of unbranched alkanes of at least 4 members (excludes halogenated alkanes) is 1. The van der Waals surface area contributed by atoms with Crippen LogP contribution in [-0.4, -0.2) is 131 Å².